The molecule has 1 aliphatic heterocycles. The molecule has 1 amide bonds. The molecule has 1 aromatic heterocycles. The van der Waals surface area contributed by atoms with Gasteiger partial charge >= 0.3 is 0 Å². The molecular formula is C12H17NO4. The minimum absolute atomic E-state index is 0.0397. The maximum Gasteiger partial charge on any atom is 0.223 e. The summed E-state index contributed by atoms with van der Waals surface area (Å²) in [5, 5.41) is 8.99. The zero-order valence-corrected chi connectivity index (χ0v) is 9.67. The summed E-state index contributed by atoms with van der Waals surface area (Å²) < 4.78 is 10.5. The Kier molecular flexibility index (Phi) is 4.17. The van der Waals surface area contributed by atoms with Crippen molar-refractivity contribution in [1.29, 1.82) is 0 Å². The number of amides is 1. The lowest BCUT2D eigenvalue weighted by Gasteiger charge is -2.32. The molecular weight excluding hydrogens is 222 g/mol. The predicted octanol–water partition coefficient (Wildman–Crippen LogP) is 0.432. The Hall–Kier alpha value is -1.33. The first-order valence-corrected chi connectivity index (χ1v) is 5.82. The summed E-state index contributed by atoms with van der Waals surface area (Å²) in [7, 11) is 0. The highest BCUT2D eigenvalue weighted by Gasteiger charge is 2.23. The molecule has 0 bridgehead atoms. The van der Waals surface area contributed by atoms with E-state index in [2.05, 4.69) is 0 Å². The molecule has 94 valence electrons. The molecule has 0 aliphatic carbocycles. The molecule has 5 nitrogen and oxygen atoms in total. The molecule has 1 unspecified atom stereocenters. The molecule has 5 heteroatoms. The van der Waals surface area contributed by atoms with Gasteiger partial charge in [0.1, 0.15) is 5.76 Å². The summed E-state index contributed by atoms with van der Waals surface area (Å²) in [6.45, 7) is 1.54. The summed E-state index contributed by atoms with van der Waals surface area (Å²) in [5.41, 5.74) is 0. The first-order valence-electron chi connectivity index (χ1n) is 5.82. The van der Waals surface area contributed by atoms with E-state index in [4.69, 9.17) is 14.3 Å². The van der Waals surface area contributed by atoms with E-state index in [9.17, 15) is 4.79 Å². The molecule has 1 fully saturated rings. The van der Waals surface area contributed by atoms with Crippen molar-refractivity contribution in [3.05, 3.63) is 24.2 Å². The number of furan rings is 1. The van der Waals surface area contributed by atoms with E-state index < -0.39 is 0 Å². The van der Waals surface area contributed by atoms with Crippen LogP contribution in [-0.2, 0) is 16.0 Å². The zero-order chi connectivity index (χ0) is 12.1. The second kappa shape index (κ2) is 5.84. The van der Waals surface area contributed by atoms with Gasteiger partial charge in [-0.25, -0.2) is 0 Å². The van der Waals surface area contributed by atoms with Gasteiger partial charge in [-0.3, -0.25) is 4.79 Å². The third kappa shape index (κ3) is 3.31. The second-order valence-corrected chi connectivity index (χ2v) is 4.09. The zero-order valence-electron chi connectivity index (χ0n) is 9.67. The SMILES string of the molecule is O=C(CCc1ccco1)N1CCOC(CO)C1. The van der Waals surface area contributed by atoms with Crippen LogP contribution in [0.5, 0.6) is 0 Å². The van der Waals surface area contributed by atoms with Gasteiger partial charge in [0.25, 0.3) is 0 Å². The number of carbonyl (C=O) groups excluding carboxylic acids is 1. The number of carbonyl (C=O) groups is 1. The Morgan fingerprint density at radius 3 is 3.18 bits per heavy atom. The monoisotopic (exact) mass is 239 g/mol. The molecule has 1 aliphatic rings. The summed E-state index contributed by atoms with van der Waals surface area (Å²) >= 11 is 0. The van der Waals surface area contributed by atoms with E-state index >= 15 is 0 Å². The molecule has 1 N–H and O–H groups in total. The minimum Gasteiger partial charge on any atom is -0.469 e. The van der Waals surface area contributed by atoms with Crippen LogP contribution in [-0.4, -0.2) is 48.3 Å². The Morgan fingerprint density at radius 2 is 2.47 bits per heavy atom. The predicted molar refractivity (Wildman–Crippen MR) is 60.4 cm³/mol. The van der Waals surface area contributed by atoms with E-state index in [-0.39, 0.29) is 18.6 Å². The molecule has 0 spiro atoms. The van der Waals surface area contributed by atoms with Crippen LogP contribution in [0.1, 0.15) is 12.2 Å². The lowest BCUT2D eigenvalue weighted by atomic mass is 10.2. The Bertz CT molecular complexity index is 349. The third-order valence-electron chi connectivity index (χ3n) is 2.86. The van der Waals surface area contributed by atoms with Crippen molar-refractivity contribution >= 4 is 5.91 Å². The molecule has 17 heavy (non-hydrogen) atoms. The molecule has 2 rings (SSSR count). The topological polar surface area (TPSA) is 62.9 Å². The number of hydrogen-bond acceptors (Lipinski definition) is 4. The van der Waals surface area contributed by atoms with Crippen molar-refractivity contribution in [2.75, 3.05) is 26.3 Å². The Labute approximate surface area is 100.0 Å². The average molecular weight is 239 g/mol. The summed E-state index contributed by atoms with van der Waals surface area (Å²) in [5.74, 6) is 0.911. The van der Waals surface area contributed by atoms with Gasteiger partial charge < -0.3 is 19.2 Å². The van der Waals surface area contributed by atoms with Crippen molar-refractivity contribution in [2.24, 2.45) is 0 Å². The lowest BCUT2D eigenvalue weighted by molar-refractivity contribution is -0.140. The molecule has 0 radical (unpaired) electrons. The number of rotatable bonds is 4. The summed E-state index contributed by atoms with van der Waals surface area (Å²) in [6.07, 6.45) is 2.42. The van der Waals surface area contributed by atoms with Crippen LogP contribution in [0.2, 0.25) is 0 Å². The number of nitrogens with zero attached hydrogens (tertiary/aromatic N) is 1. The van der Waals surface area contributed by atoms with Crippen molar-refractivity contribution < 1.29 is 19.1 Å². The van der Waals surface area contributed by atoms with Gasteiger partial charge in [0.2, 0.25) is 5.91 Å². The fourth-order valence-electron chi connectivity index (χ4n) is 1.90. The van der Waals surface area contributed by atoms with E-state index in [1.165, 1.54) is 0 Å². The molecule has 1 atom stereocenters. The molecule has 0 aromatic carbocycles. The van der Waals surface area contributed by atoms with E-state index in [1.54, 1.807) is 11.2 Å². The van der Waals surface area contributed by atoms with Crippen LogP contribution in [0.25, 0.3) is 0 Å². The highest BCUT2D eigenvalue weighted by molar-refractivity contribution is 5.76. The van der Waals surface area contributed by atoms with Crippen LogP contribution in [0.4, 0.5) is 0 Å². The maximum atomic E-state index is 11.9. The van der Waals surface area contributed by atoms with Gasteiger partial charge in [-0.15, -0.1) is 0 Å². The van der Waals surface area contributed by atoms with E-state index in [1.807, 2.05) is 12.1 Å². The normalized spacial score (nSPS) is 20.5. The number of morpholine rings is 1. The molecule has 1 aromatic rings. The van der Waals surface area contributed by atoms with Crippen molar-refractivity contribution in [1.82, 2.24) is 4.90 Å². The number of aliphatic hydroxyl groups is 1. The van der Waals surface area contributed by atoms with Crippen LogP contribution >= 0.6 is 0 Å². The first kappa shape index (κ1) is 12.1. The second-order valence-electron chi connectivity index (χ2n) is 4.09. The first-order chi connectivity index (χ1) is 8.29. The standard InChI is InChI=1S/C12H17NO4/c14-9-11-8-13(5-7-17-11)12(15)4-3-10-2-1-6-16-10/h1-2,6,11,14H,3-5,7-9H2. The molecule has 0 saturated carbocycles. The van der Waals surface area contributed by atoms with Gasteiger partial charge in [-0.1, -0.05) is 0 Å². The fourth-order valence-corrected chi connectivity index (χ4v) is 1.90. The number of aryl methyl sites for hydroxylation is 1. The number of ether oxygens (including phenoxy) is 1. The van der Waals surface area contributed by atoms with Gasteiger partial charge in [0.15, 0.2) is 0 Å². The smallest absolute Gasteiger partial charge is 0.223 e. The Morgan fingerprint density at radius 1 is 1.59 bits per heavy atom. The maximum absolute atomic E-state index is 11.9. The minimum atomic E-state index is -0.240. The number of hydrogen-bond donors (Lipinski definition) is 1. The van der Waals surface area contributed by atoms with Crippen LogP contribution in [0.3, 0.4) is 0 Å². The third-order valence-corrected chi connectivity index (χ3v) is 2.86. The van der Waals surface area contributed by atoms with Crippen LogP contribution in [0, 0.1) is 0 Å². The van der Waals surface area contributed by atoms with Gasteiger partial charge in [0, 0.05) is 25.9 Å². The van der Waals surface area contributed by atoms with E-state index in [0.717, 1.165) is 5.76 Å². The lowest BCUT2D eigenvalue weighted by Crippen LogP contribution is -2.46. The molecule has 1 saturated heterocycles. The van der Waals surface area contributed by atoms with Crippen LogP contribution < -0.4 is 0 Å². The Balaban J connectivity index is 1.79. The molecule has 2 heterocycles. The quantitative estimate of drug-likeness (QED) is 0.827. The highest BCUT2D eigenvalue weighted by Crippen LogP contribution is 2.09. The van der Waals surface area contributed by atoms with Crippen molar-refractivity contribution in [3.63, 3.8) is 0 Å². The summed E-state index contributed by atoms with van der Waals surface area (Å²) in [6, 6.07) is 3.68. The van der Waals surface area contributed by atoms with Crippen molar-refractivity contribution in [3.8, 4) is 0 Å². The van der Waals surface area contributed by atoms with Gasteiger partial charge in [-0.05, 0) is 12.1 Å². The summed E-state index contributed by atoms with van der Waals surface area (Å²) in [4.78, 5) is 13.6. The highest BCUT2D eigenvalue weighted by atomic mass is 16.5. The van der Waals surface area contributed by atoms with Crippen molar-refractivity contribution in [2.45, 2.75) is 18.9 Å². The van der Waals surface area contributed by atoms with Crippen LogP contribution in [0.15, 0.2) is 22.8 Å². The fraction of sp³-hybridized carbons (Fsp3) is 0.583. The average Bonchev–Trinajstić information content (AvgIpc) is 2.89. The van der Waals surface area contributed by atoms with E-state index in [0.29, 0.717) is 32.5 Å². The van der Waals surface area contributed by atoms with Gasteiger partial charge in [0.05, 0.1) is 25.6 Å². The van der Waals surface area contributed by atoms with Gasteiger partial charge in [-0.2, -0.15) is 0 Å². The largest absolute Gasteiger partial charge is 0.469 e. The number of aliphatic hydroxyl groups excluding tert-OH is 1.